The Balaban J connectivity index is 2.24. The maximum atomic E-state index is 13.1. The summed E-state index contributed by atoms with van der Waals surface area (Å²) in [6.07, 6.45) is -2.38. The number of carbonyl (C=O) groups is 3. The summed E-state index contributed by atoms with van der Waals surface area (Å²) in [5.41, 5.74) is 0.712. The van der Waals surface area contributed by atoms with Crippen molar-refractivity contribution in [3.63, 3.8) is 0 Å². The fourth-order valence-corrected chi connectivity index (χ4v) is 3.81. The average Bonchev–Trinajstić information content (AvgIpc) is 2.82. The van der Waals surface area contributed by atoms with Crippen molar-refractivity contribution in [2.45, 2.75) is 61.7 Å². The fourth-order valence-electron chi connectivity index (χ4n) is 3.40. The van der Waals surface area contributed by atoms with Gasteiger partial charge < -0.3 is 25.2 Å². The number of hydrogen-bond donors (Lipinski definition) is 3. The van der Waals surface area contributed by atoms with Crippen molar-refractivity contribution < 1.29 is 29.0 Å². The van der Waals surface area contributed by atoms with Gasteiger partial charge in [-0.3, -0.25) is 4.79 Å². The number of halogens is 2. The lowest BCUT2D eigenvalue weighted by atomic mass is 9.98. The lowest BCUT2D eigenvalue weighted by molar-refractivity contribution is -0.145. The topological polar surface area (TPSA) is 114 Å². The Kier molecular flexibility index (Phi) is 10.6. The second-order valence-electron chi connectivity index (χ2n) is 9.25. The first-order valence-corrected chi connectivity index (χ1v) is 12.1. The number of ether oxygens (including phenoxy) is 2. The Bertz CT molecular complexity index is 1010. The number of esters is 1. The van der Waals surface area contributed by atoms with Gasteiger partial charge >= 0.3 is 12.1 Å². The quantitative estimate of drug-likeness (QED) is 0.314. The van der Waals surface area contributed by atoms with Gasteiger partial charge in [0.25, 0.3) is 5.91 Å². The molecule has 0 heterocycles. The maximum Gasteiger partial charge on any atom is 0.407 e. The van der Waals surface area contributed by atoms with Crippen molar-refractivity contribution in [1.29, 1.82) is 0 Å². The minimum atomic E-state index is -2.43. The molecule has 2 aromatic carbocycles. The second kappa shape index (κ2) is 12.9. The zero-order valence-electron chi connectivity index (χ0n) is 20.7. The van der Waals surface area contributed by atoms with Crippen LogP contribution in [-0.2, 0) is 31.9 Å². The van der Waals surface area contributed by atoms with E-state index in [0.29, 0.717) is 0 Å². The van der Waals surface area contributed by atoms with Crippen LogP contribution in [0.25, 0.3) is 0 Å². The van der Waals surface area contributed by atoms with E-state index in [1.165, 1.54) is 7.11 Å². The van der Waals surface area contributed by atoms with Crippen LogP contribution in [0.5, 0.6) is 0 Å². The molecule has 0 aliphatic heterocycles. The first kappa shape index (κ1) is 29.4. The molecule has 0 aliphatic carbocycles. The van der Waals surface area contributed by atoms with Crippen molar-refractivity contribution in [1.82, 2.24) is 10.6 Å². The van der Waals surface area contributed by atoms with Gasteiger partial charge in [0.05, 0.1) is 13.2 Å². The molecule has 0 unspecified atom stereocenters. The molecule has 8 nitrogen and oxygen atoms in total. The zero-order chi connectivity index (χ0) is 26.9. The number of carbonyl (C=O) groups excluding carboxylic acids is 3. The normalized spacial score (nSPS) is 14.2. The Morgan fingerprint density at radius 3 is 1.86 bits per heavy atom. The SMILES string of the molecule is COC(=O)[C@@H](Cc1ccccc1)NC(=O)C(Cl)(Cl)[C@H](O)[C@H](Cc1ccccc1)NC(=O)OC(C)(C)C. The third kappa shape index (κ3) is 9.00. The monoisotopic (exact) mass is 538 g/mol. The van der Waals surface area contributed by atoms with E-state index in [9.17, 15) is 19.5 Å². The second-order valence-corrected chi connectivity index (χ2v) is 10.6. The predicted octanol–water partition coefficient (Wildman–Crippen LogP) is 3.56. The van der Waals surface area contributed by atoms with E-state index in [1.54, 1.807) is 69.3 Å². The molecule has 0 saturated heterocycles. The van der Waals surface area contributed by atoms with Crippen LogP contribution in [-0.4, -0.2) is 58.3 Å². The highest BCUT2D eigenvalue weighted by atomic mass is 35.5. The van der Waals surface area contributed by atoms with Crippen LogP contribution < -0.4 is 10.6 Å². The van der Waals surface area contributed by atoms with Gasteiger partial charge in [-0.25, -0.2) is 9.59 Å². The van der Waals surface area contributed by atoms with Gasteiger partial charge in [0, 0.05) is 6.42 Å². The third-order valence-electron chi connectivity index (χ3n) is 5.13. The molecule has 10 heteroatoms. The molecule has 2 rings (SSSR count). The molecule has 3 atom stereocenters. The maximum absolute atomic E-state index is 13.1. The van der Waals surface area contributed by atoms with Gasteiger partial charge in [0.1, 0.15) is 17.7 Å². The van der Waals surface area contributed by atoms with Crippen molar-refractivity contribution in [2.24, 2.45) is 0 Å². The number of methoxy groups -OCH3 is 1. The van der Waals surface area contributed by atoms with Crippen LogP contribution in [0.2, 0.25) is 0 Å². The number of alkyl halides is 2. The molecule has 0 bridgehead atoms. The number of nitrogens with one attached hydrogen (secondary N) is 2. The van der Waals surface area contributed by atoms with Gasteiger partial charge in [-0.05, 0) is 38.3 Å². The van der Waals surface area contributed by atoms with Gasteiger partial charge in [0.15, 0.2) is 0 Å². The first-order chi connectivity index (χ1) is 16.8. The van der Waals surface area contributed by atoms with E-state index in [2.05, 4.69) is 10.6 Å². The molecular weight excluding hydrogens is 507 g/mol. The molecule has 0 aliphatic rings. The highest BCUT2D eigenvalue weighted by Gasteiger charge is 2.47. The van der Waals surface area contributed by atoms with Crippen molar-refractivity contribution in [3.8, 4) is 0 Å². The molecule has 2 aromatic rings. The summed E-state index contributed by atoms with van der Waals surface area (Å²) in [6.45, 7) is 5.07. The first-order valence-electron chi connectivity index (χ1n) is 11.4. The summed E-state index contributed by atoms with van der Waals surface area (Å²) >= 11 is 12.7. The lowest BCUT2D eigenvalue weighted by Gasteiger charge is -2.33. The van der Waals surface area contributed by atoms with Crippen LogP contribution in [0.1, 0.15) is 31.9 Å². The lowest BCUT2D eigenvalue weighted by Crippen LogP contribution is -2.59. The Morgan fingerprint density at radius 1 is 0.889 bits per heavy atom. The average molecular weight is 539 g/mol. The Labute approximate surface area is 221 Å². The number of aliphatic hydroxyl groups excluding tert-OH is 1. The van der Waals surface area contributed by atoms with Crippen LogP contribution in [0, 0.1) is 0 Å². The molecule has 36 heavy (non-hydrogen) atoms. The highest BCUT2D eigenvalue weighted by molar-refractivity contribution is 6.58. The van der Waals surface area contributed by atoms with Crippen molar-refractivity contribution in [2.75, 3.05) is 7.11 Å². The van der Waals surface area contributed by atoms with Crippen LogP contribution in [0.4, 0.5) is 4.79 Å². The minimum absolute atomic E-state index is 0.0974. The van der Waals surface area contributed by atoms with E-state index in [-0.39, 0.29) is 12.8 Å². The summed E-state index contributed by atoms with van der Waals surface area (Å²) in [4.78, 5) is 37.9. The summed E-state index contributed by atoms with van der Waals surface area (Å²) < 4.78 is 7.67. The zero-order valence-corrected chi connectivity index (χ0v) is 22.2. The number of benzene rings is 2. The molecule has 0 saturated carbocycles. The molecular formula is C26H32Cl2N2O6. The van der Waals surface area contributed by atoms with Gasteiger partial charge in [-0.15, -0.1) is 0 Å². The standard InChI is InChI=1S/C26H32Cl2N2O6/c1-25(2,3)36-24(34)30-19(15-17-11-7-5-8-12-17)21(31)26(27,28)23(33)29-20(22(32)35-4)16-18-13-9-6-10-14-18/h5-14,19-21,31H,15-16H2,1-4H3,(H,29,33)(H,30,34)/t19-,20+,21+/m0/s1. The van der Waals surface area contributed by atoms with Crippen molar-refractivity contribution >= 4 is 41.2 Å². The third-order valence-corrected chi connectivity index (χ3v) is 5.92. The summed E-state index contributed by atoms with van der Waals surface area (Å²) in [5, 5.41) is 16.1. The summed E-state index contributed by atoms with van der Waals surface area (Å²) in [6, 6.07) is 15.7. The summed E-state index contributed by atoms with van der Waals surface area (Å²) in [5.74, 6) is -1.73. The molecule has 0 aromatic heterocycles. The minimum Gasteiger partial charge on any atom is -0.467 e. The number of amides is 2. The van der Waals surface area contributed by atoms with Gasteiger partial charge in [-0.2, -0.15) is 0 Å². The van der Waals surface area contributed by atoms with E-state index >= 15 is 0 Å². The van der Waals surface area contributed by atoms with E-state index < -0.39 is 46.1 Å². The van der Waals surface area contributed by atoms with Crippen LogP contribution in [0.15, 0.2) is 60.7 Å². The number of aliphatic hydroxyl groups is 1. The number of alkyl carbamates (subject to hydrolysis) is 1. The fraction of sp³-hybridized carbons (Fsp3) is 0.423. The molecule has 0 radical (unpaired) electrons. The van der Waals surface area contributed by atoms with Crippen molar-refractivity contribution in [3.05, 3.63) is 71.8 Å². The van der Waals surface area contributed by atoms with E-state index in [4.69, 9.17) is 32.7 Å². The molecule has 196 valence electrons. The van der Waals surface area contributed by atoms with Gasteiger partial charge in [0.2, 0.25) is 4.33 Å². The smallest absolute Gasteiger partial charge is 0.407 e. The number of hydrogen-bond acceptors (Lipinski definition) is 6. The van der Waals surface area contributed by atoms with Crippen LogP contribution >= 0.6 is 23.2 Å². The Morgan fingerprint density at radius 2 is 1.39 bits per heavy atom. The summed E-state index contributed by atoms with van der Waals surface area (Å²) in [7, 11) is 1.19. The predicted molar refractivity (Wildman–Crippen MR) is 138 cm³/mol. The molecule has 2 amide bonds. The van der Waals surface area contributed by atoms with Crippen LogP contribution in [0.3, 0.4) is 0 Å². The highest BCUT2D eigenvalue weighted by Crippen LogP contribution is 2.30. The Hall–Kier alpha value is -2.81. The van der Waals surface area contributed by atoms with E-state index in [0.717, 1.165) is 11.1 Å². The van der Waals surface area contributed by atoms with Gasteiger partial charge in [-0.1, -0.05) is 83.9 Å². The molecule has 0 spiro atoms. The molecule has 3 N–H and O–H groups in total. The molecule has 0 fully saturated rings. The number of rotatable bonds is 10. The van der Waals surface area contributed by atoms with E-state index in [1.807, 2.05) is 12.1 Å². The largest absolute Gasteiger partial charge is 0.467 e.